The highest BCUT2D eigenvalue weighted by atomic mass is 16.3. The highest BCUT2D eigenvalue weighted by Gasteiger charge is 2.21. The minimum absolute atomic E-state index is 0.181. The van der Waals surface area contributed by atoms with Gasteiger partial charge in [-0.05, 0) is 38.9 Å². The van der Waals surface area contributed by atoms with Gasteiger partial charge in [0.25, 0.3) is 0 Å². The van der Waals surface area contributed by atoms with Crippen molar-refractivity contribution in [3.05, 3.63) is 11.6 Å². The number of rotatable bonds is 2. The largest absolute Gasteiger partial charge is 0.389 e. The normalized spacial score (nSPS) is 31.2. The van der Waals surface area contributed by atoms with Gasteiger partial charge in [0, 0.05) is 6.54 Å². The molecule has 64 valence electrons. The van der Waals surface area contributed by atoms with Gasteiger partial charge in [0.1, 0.15) is 0 Å². The van der Waals surface area contributed by atoms with Crippen molar-refractivity contribution in [3.63, 3.8) is 0 Å². The van der Waals surface area contributed by atoms with Gasteiger partial charge in [0.15, 0.2) is 0 Å². The van der Waals surface area contributed by atoms with E-state index in [9.17, 15) is 5.11 Å². The molecular formula is C9H17NO. The van der Waals surface area contributed by atoms with Crippen LogP contribution in [-0.2, 0) is 0 Å². The van der Waals surface area contributed by atoms with Crippen molar-refractivity contribution in [2.45, 2.75) is 19.4 Å². The van der Waals surface area contributed by atoms with E-state index in [0.29, 0.717) is 5.92 Å². The fraction of sp³-hybridized carbons (Fsp3) is 0.778. The second kappa shape index (κ2) is 3.37. The van der Waals surface area contributed by atoms with Crippen molar-refractivity contribution in [1.29, 1.82) is 0 Å². The average Bonchev–Trinajstić information content (AvgIpc) is 2.10. The maximum absolute atomic E-state index is 9.39. The zero-order chi connectivity index (χ0) is 8.43. The number of nitrogens with zero attached hydrogens (tertiary/aromatic N) is 1. The average molecular weight is 155 g/mol. The Hall–Kier alpha value is -0.340. The van der Waals surface area contributed by atoms with Crippen LogP contribution < -0.4 is 0 Å². The minimum atomic E-state index is -0.181. The molecule has 1 aliphatic carbocycles. The molecule has 0 spiro atoms. The van der Waals surface area contributed by atoms with E-state index in [-0.39, 0.29) is 6.10 Å². The molecule has 0 bridgehead atoms. The monoisotopic (exact) mass is 155 g/mol. The molecule has 0 aromatic carbocycles. The topological polar surface area (TPSA) is 23.5 Å². The molecule has 0 fully saturated rings. The Morgan fingerprint density at radius 3 is 2.64 bits per heavy atom. The first-order valence-electron chi connectivity index (χ1n) is 4.10. The summed E-state index contributed by atoms with van der Waals surface area (Å²) in [5.74, 6) is 0.556. The molecule has 2 nitrogen and oxygen atoms in total. The van der Waals surface area contributed by atoms with Crippen LogP contribution in [0.5, 0.6) is 0 Å². The summed E-state index contributed by atoms with van der Waals surface area (Å²) in [4.78, 5) is 2.16. The van der Waals surface area contributed by atoms with Crippen LogP contribution in [0.1, 0.15) is 13.3 Å². The first-order chi connectivity index (χ1) is 5.09. The first-order valence-corrected chi connectivity index (χ1v) is 4.10. The molecule has 1 aliphatic rings. The molecule has 0 heterocycles. The highest BCUT2D eigenvalue weighted by molar-refractivity contribution is 5.14. The predicted molar refractivity (Wildman–Crippen MR) is 46.4 cm³/mol. The van der Waals surface area contributed by atoms with Gasteiger partial charge >= 0.3 is 0 Å². The van der Waals surface area contributed by atoms with Crippen molar-refractivity contribution in [2.75, 3.05) is 20.6 Å². The lowest BCUT2D eigenvalue weighted by Gasteiger charge is -2.14. The van der Waals surface area contributed by atoms with Crippen molar-refractivity contribution in [1.82, 2.24) is 4.90 Å². The van der Waals surface area contributed by atoms with Gasteiger partial charge < -0.3 is 10.0 Å². The van der Waals surface area contributed by atoms with Crippen LogP contribution in [0.25, 0.3) is 0 Å². The number of hydrogen-bond acceptors (Lipinski definition) is 2. The molecule has 2 atom stereocenters. The van der Waals surface area contributed by atoms with Gasteiger partial charge in [-0.25, -0.2) is 0 Å². The van der Waals surface area contributed by atoms with Crippen molar-refractivity contribution in [2.24, 2.45) is 5.92 Å². The van der Waals surface area contributed by atoms with E-state index in [1.807, 2.05) is 6.92 Å². The molecule has 0 aromatic heterocycles. The maximum atomic E-state index is 9.39. The third kappa shape index (κ3) is 2.31. The standard InChI is InChI=1S/C9H17NO/c1-7-4-8(5-9(7)11)6-10(2)3/h4,8-9,11H,5-6H2,1-3H3. The van der Waals surface area contributed by atoms with Crippen molar-refractivity contribution >= 4 is 0 Å². The summed E-state index contributed by atoms with van der Waals surface area (Å²) in [7, 11) is 4.13. The van der Waals surface area contributed by atoms with Crippen LogP contribution in [0.3, 0.4) is 0 Å². The maximum Gasteiger partial charge on any atom is 0.0753 e. The predicted octanol–water partition coefficient (Wildman–Crippen LogP) is 0.875. The summed E-state index contributed by atoms with van der Waals surface area (Å²) >= 11 is 0. The first kappa shape index (κ1) is 8.75. The number of hydrogen-bond donors (Lipinski definition) is 1. The SMILES string of the molecule is CC1=CC(CN(C)C)CC1O. The number of aliphatic hydroxyl groups is 1. The summed E-state index contributed by atoms with van der Waals surface area (Å²) in [6, 6.07) is 0. The molecule has 2 unspecified atom stereocenters. The zero-order valence-electron chi connectivity index (χ0n) is 7.54. The van der Waals surface area contributed by atoms with Gasteiger partial charge in [-0.15, -0.1) is 0 Å². The van der Waals surface area contributed by atoms with Crippen LogP contribution in [0, 0.1) is 5.92 Å². The Labute approximate surface area is 68.5 Å². The summed E-state index contributed by atoms with van der Waals surface area (Å²) in [6.45, 7) is 3.05. The molecule has 2 heteroatoms. The Kier molecular flexibility index (Phi) is 2.68. The Balaban J connectivity index is 2.41. The van der Waals surface area contributed by atoms with E-state index in [1.165, 1.54) is 0 Å². The molecule has 0 saturated heterocycles. The zero-order valence-corrected chi connectivity index (χ0v) is 7.54. The highest BCUT2D eigenvalue weighted by Crippen LogP contribution is 2.24. The molecular weight excluding hydrogens is 138 g/mol. The van der Waals surface area contributed by atoms with Crippen LogP contribution in [-0.4, -0.2) is 36.8 Å². The second-order valence-corrected chi connectivity index (χ2v) is 3.68. The second-order valence-electron chi connectivity index (χ2n) is 3.68. The Bertz CT molecular complexity index is 163. The van der Waals surface area contributed by atoms with E-state index in [0.717, 1.165) is 18.5 Å². The fourth-order valence-corrected chi connectivity index (χ4v) is 1.62. The van der Waals surface area contributed by atoms with Gasteiger partial charge in [-0.3, -0.25) is 0 Å². The van der Waals surface area contributed by atoms with Gasteiger partial charge in [-0.2, -0.15) is 0 Å². The molecule has 0 amide bonds. The van der Waals surface area contributed by atoms with E-state index < -0.39 is 0 Å². The van der Waals surface area contributed by atoms with Gasteiger partial charge in [0.05, 0.1) is 6.10 Å². The number of aliphatic hydroxyl groups excluding tert-OH is 1. The summed E-state index contributed by atoms with van der Waals surface area (Å²) in [5.41, 5.74) is 1.14. The lowest BCUT2D eigenvalue weighted by Crippen LogP contribution is -2.20. The van der Waals surface area contributed by atoms with E-state index in [4.69, 9.17) is 0 Å². The molecule has 0 saturated carbocycles. The van der Waals surface area contributed by atoms with Crippen LogP contribution in [0.15, 0.2) is 11.6 Å². The summed E-state index contributed by atoms with van der Waals surface area (Å²) < 4.78 is 0. The molecule has 1 N–H and O–H groups in total. The Morgan fingerprint density at radius 2 is 2.27 bits per heavy atom. The molecule has 0 aromatic rings. The molecule has 11 heavy (non-hydrogen) atoms. The molecule has 1 rings (SSSR count). The van der Waals surface area contributed by atoms with Crippen LogP contribution in [0.2, 0.25) is 0 Å². The van der Waals surface area contributed by atoms with E-state index in [2.05, 4.69) is 25.1 Å². The van der Waals surface area contributed by atoms with Gasteiger partial charge in [0.2, 0.25) is 0 Å². The molecule has 0 radical (unpaired) electrons. The Morgan fingerprint density at radius 1 is 1.64 bits per heavy atom. The summed E-state index contributed by atoms with van der Waals surface area (Å²) in [5, 5.41) is 9.39. The van der Waals surface area contributed by atoms with Crippen LogP contribution in [0.4, 0.5) is 0 Å². The minimum Gasteiger partial charge on any atom is -0.389 e. The van der Waals surface area contributed by atoms with Crippen molar-refractivity contribution in [3.8, 4) is 0 Å². The van der Waals surface area contributed by atoms with E-state index in [1.54, 1.807) is 0 Å². The van der Waals surface area contributed by atoms with Crippen LogP contribution >= 0.6 is 0 Å². The van der Waals surface area contributed by atoms with Crippen molar-refractivity contribution < 1.29 is 5.11 Å². The lowest BCUT2D eigenvalue weighted by atomic mass is 10.1. The lowest BCUT2D eigenvalue weighted by molar-refractivity contribution is 0.192. The van der Waals surface area contributed by atoms with E-state index >= 15 is 0 Å². The molecule has 0 aliphatic heterocycles. The quantitative estimate of drug-likeness (QED) is 0.598. The summed E-state index contributed by atoms with van der Waals surface area (Å²) in [6.07, 6.45) is 2.91. The smallest absolute Gasteiger partial charge is 0.0753 e. The fourth-order valence-electron chi connectivity index (χ4n) is 1.62. The third-order valence-electron chi connectivity index (χ3n) is 2.15. The third-order valence-corrected chi connectivity index (χ3v) is 2.15. The van der Waals surface area contributed by atoms with Gasteiger partial charge in [-0.1, -0.05) is 6.08 Å².